The maximum Gasteiger partial charge on any atom is 0.452 e. The number of alkyl halides is 3. The Morgan fingerprint density at radius 1 is 1.00 bits per heavy atom. The number of hydrogen-bond donors (Lipinski definition) is 2. The highest BCUT2D eigenvalue weighted by molar-refractivity contribution is 6.37. The van der Waals surface area contributed by atoms with Crippen LogP contribution in [0.3, 0.4) is 0 Å². The molecule has 3 rings (SSSR count). The van der Waals surface area contributed by atoms with E-state index in [1.807, 2.05) is 0 Å². The number of amides is 3. The van der Waals surface area contributed by atoms with Crippen molar-refractivity contribution in [3.63, 3.8) is 0 Å². The van der Waals surface area contributed by atoms with Gasteiger partial charge in [0.2, 0.25) is 11.8 Å². The highest BCUT2D eigenvalue weighted by atomic mass is 35.5. The summed E-state index contributed by atoms with van der Waals surface area (Å²) in [6.07, 6.45) is -3.06. The minimum atomic E-state index is -5.12. The average Bonchev–Trinajstić information content (AvgIpc) is 3.51. The number of Topliss-reactive ketones (excluding diaryl/α,β-unsaturated/α-hetero) is 1. The van der Waals surface area contributed by atoms with Crippen molar-refractivity contribution in [2.45, 2.75) is 71.8 Å². The van der Waals surface area contributed by atoms with Crippen molar-refractivity contribution in [1.29, 1.82) is 0 Å². The van der Waals surface area contributed by atoms with Gasteiger partial charge in [-0.05, 0) is 43.7 Å². The normalized spacial score (nSPS) is 17.1. The smallest absolute Gasteiger partial charge is 0.344 e. The Balaban J connectivity index is 1.80. The molecule has 1 aromatic carbocycles. The molecule has 0 spiro atoms. The molecule has 1 fully saturated rings. The van der Waals surface area contributed by atoms with E-state index in [0.717, 1.165) is 0 Å². The number of nitrogens with zero attached hydrogens (tertiary/aromatic N) is 3. The number of para-hydroxylation sites is 1. The summed E-state index contributed by atoms with van der Waals surface area (Å²) in [5.41, 5.74) is 0.894. The van der Waals surface area contributed by atoms with Gasteiger partial charge in [0.15, 0.2) is 0 Å². The third-order valence-electron chi connectivity index (χ3n) is 6.89. The lowest BCUT2D eigenvalue weighted by atomic mass is 9.98. The molecule has 0 radical (unpaired) electrons. The second kappa shape index (κ2) is 12.8. The van der Waals surface area contributed by atoms with Crippen LogP contribution >= 0.6 is 23.2 Å². The Bertz CT molecular complexity index is 1310. The van der Waals surface area contributed by atoms with Crippen molar-refractivity contribution in [3.05, 3.63) is 45.7 Å². The van der Waals surface area contributed by atoms with Crippen LogP contribution in [0.5, 0.6) is 0 Å². The molecule has 2 heterocycles. The van der Waals surface area contributed by atoms with Gasteiger partial charge in [-0.2, -0.15) is 18.3 Å². The monoisotopic (exact) mass is 617 g/mol. The molecule has 0 saturated carbocycles. The summed E-state index contributed by atoms with van der Waals surface area (Å²) in [5, 5.41) is 9.88. The van der Waals surface area contributed by atoms with Crippen molar-refractivity contribution in [2.24, 2.45) is 11.8 Å². The van der Waals surface area contributed by atoms with Crippen molar-refractivity contribution < 1.29 is 32.3 Å². The van der Waals surface area contributed by atoms with Gasteiger partial charge in [-0.15, -0.1) is 0 Å². The molecule has 0 unspecified atom stereocenters. The number of halogens is 5. The lowest BCUT2D eigenvalue weighted by Gasteiger charge is -2.31. The van der Waals surface area contributed by atoms with Gasteiger partial charge in [0, 0.05) is 12.7 Å². The average molecular weight is 618 g/mol. The van der Waals surface area contributed by atoms with E-state index in [1.165, 1.54) is 29.6 Å². The van der Waals surface area contributed by atoms with Crippen LogP contribution in [-0.4, -0.2) is 69.0 Å². The minimum Gasteiger partial charge on any atom is -0.344 e. The molecule has 1 saturated heterocycles. The molecule has 1 aromatic heterocycles. The number of nitrogens with one attached hydrogen (secondary N) is 2. The molecular weight excluding hydrogens is 586 g/mol. The summed E-state index contributed by atoms with van der Waals surface area (Å²) in [7, 11) is 0. The van der Waals surface area contributed by atoms with Crippen LogP contribution in [0.25, 0.3) is 5.69 Å². The number of rotatable bonds is 9. The first-order valence-corrected chi connectivity index (χ1v) is 13.8. The zero-order valence-corrected chi connectivity index (χ0v) is 24.7. The fourth-order valence-electron chi connectivity index (χ4n) is 4.68. The Morgan fingerprint density at radius 2 is 1.59 bits per heavy atom. The number of benzene rings is 1. The van der Waals surface area contributed by atoms with E-state index in [2.05, 4.69) is 15.7 Å². The number of ketones is 1. The molecule has 14 heteroatoms. The maximum atomic E-state index is 13.6. The Kier molecular flexibility index (Phi) is 10.1. The SMILES string of the molecule is Cc1nn(-c2c(Cl)cccc2Cl)cc1C(=O)N[C@H](C(=O)N1CCC[C@H]1C(=O)N[C@H](C(=O)C(F)(F)F)C(C)C)C(C)C. The van der Waals surface area contributed by atoms with Gasteiger partial charge in [0.05, 0.1) is 27.3 Å². The molecule has 224 valence electrons. The predicted octanol–water partition coefficient (Wildman–Crippen LogP) is 4.51. The summed E-state index contributed by atoms with van der Waals surface area (Å²) in [6.45, 7) is 7.98. The van der Waals surface area contributed by atoms with Crippen LogP contribution < -0.4 is 10.6 Å². The molecule has 1 aliphatic heterocycles. The predicted molar refractivity (Wildman–Crippen MR) is 147 cm³/mol. The number of likely N-dealkylation sites (tertiary alicyclic amines) is 1. The van der Waals surface area contributed by atoms with Crippen molar-refractivity contribution >= 4 is 46.7 Å². The van der Waals surface area contributed by atoms with Gasteiger partial charge < -0.3 is 15.5 Å². The van der Waals surface area contributed by atoms with Gasteiger partial charge in [0.1, 0.15) is 17.8 Å². The summed E-state index contributed by atoms with van der Waals surface area (Å²) < 4.78 is 40.6. The van der Waals surface area contributed by atoms with Gasteiger partial charge in [0.25, 0.3) is 11.7 Å². The van der Waals surface area contributed by atoms with Crippen LogP contribution in [0.1, 0.15) is 56.6 Å². The molecule has 1 aliphatic rings. The Labute approximate surface area is 245 Å². The molecule has 2 aromatic rings. The highest BCUT2D eigenvalue weighted by Crippen LogP contribution is 2.29. The molecule has 0 aliphatic carbocycles. The van der Waals surface area contributed by atoms with E-state index >= 15 is 0 Å². The van der Waals surface area contributed by atoms with Crippen LogP contribution in [0.15, 0.2) is 24.4 Å². The van der Waals surface area contributed by atoms with E-state index in [4.69, 9.17) is 23.2 Å². The number of aromatic nitrogens is 2. The Hall–Kier alpha value is -3.12. The van der Waals surface area contributed by atoms with Crippen LogP contribution in [0, 0.1) is 18.8 Å². The molecule has 0 bridgehead atoms. The second-order valence-corrected chi connectivity index (χ2v) is 11.4. The minimum absolute atomic E-state index is 0.164. The van der Waals surface area contributed by atoms with Crippen LogP contribution in [0.2, 0.25) is 10.0 Å². The molecule has 41 heavy (non-hydrogen) atoms. The van der Waals surface area contributed by atoms with Crippen LogP contribution in [0.4, 0.5) is 13.2 Å². The van der Waals surface area contributed by atoms with Crippen molar-refractivity contribution in [2.75, 3.05) is 6.54 Å². The molecule has 2 N–H and O–H groups in total. The van der Waals surface area contributed by atoms with Gasteiger partial charge in [-0.3, -0.25) is 19.2 Å². The summed E-state index contributed by atoms with van der Waals surface area (Å²) >= 11 is 12.5. The number of aryl methyl sites for hydroxylation is 1. The lowest BCUT2D eigenvalue weighted by Crippen LogP contribution is -2.58. The topological polar surface area (TPSA) is 113 Å². The first kappa shape index (κ1) is 32.4. The molecule has 3 atom stereocenters. The van der Waals surface area contributed by atoms with Crippen molar-refractivity contribution in [3.8, 4) is 5.69 Å². The van der Waals surface area contributed by atoms with Gasteiger partial charge in [-0.1, -0.05) is 57.0 Å². The summed E-state index contributed by atoms with van der Waals surface area (Å²) in [4.78, 5) is 53.1. The zero-order chi connectivity index (χ0) is 30.8. The Morgan fingerprint density at radius 3 is 2.12 bits per heavy atom. The van der Waals surface area contributed by atoms with Gasteiger partial charge >= 0.3 is 6.18 Å². The van der Waals surface area contributed by atoms with E-state index < -0.39 is 59.6 Å². The van der Waals surface area contributed by atoms with E-state index in [0.29, 0.717) is 27.8 Å². The fourth-order valence-corrected chi connectivity index (χ4v) is 5.25. The number of carbonyl (C=O) groups excluding carboxylic acids is 4. The van der Waals surface area contributed by atoms with Crippen molar-refractivity contribution in [1.82, 2.24) is 25.3 Å². The van der Waals surface area contributed by atoms with Gasteiger partial charge in [-0.25, -0.2) is 4.68 Å². The standard InChI is InChI=1S/C27H32Cl2F3N5O4/c1-13(2)20(23(38)27(30,31)32)33-25(40)19-10-7-11-36(19)26(41)21(14(3)4)34-24(39)16-12-37(35-15(16)5)22-17(28)8-6-9-18(22)29/h6,8-9,12-14,19-21H,7,10-11H2,1-5H3,(H,33,40)(H,34,39)/t19-,20-,21-/m0/s1. The third kappa shape index (κ3) is 7.21. The first-order valence-electron chi connectivity index (χ1n) is 13.1. The first-order chi connectivity index (χ1) is 19.0. The maximum absolute atomic E-state index is 13.6. The lowest BCUT2D eigenvalue weighted by molar-refractivity contribution is -0.175. The molecular formula is C27H32Cl2F3N5O4. The highest BCUT2D eigenvalue weighted by Gasteiger charge is 2.46. The summed E-state index contributed by atoms with van der Waals surface area (Å²) in [6, 6.07) is 0.984. The fraction of sp³-hybridized carbons (Fsp3) is 0.519. The summed E-state index contributed by atoms with van der Waals surface area (Å²) in [5.74, 6) is -5.30. The largest absolute Gasteiger partial charge is 0.452 e. The van der Waals surface area contributed by atoms with E-state index in [1.54, 1.807) is 39.0 Å². The number of carbonyl (C=O) groups is 4. The zero-order valence-electron chi connectivity index (χ0n) is 23.2. The van der Waals surface area contributed by atoms with E-state index in [9.17, 15) is 32.3 Å². The van der Waals surface area contributed by atoms with E-state index in [-0.39, 0.29) is 18.5 Å². The number of hydrogen-bond acceptors (Lipinski definition) is 5. The molecule has 3 amide bonds. The quantitative estimate of drug-likeness (QED) is 0.430. The third-order valence-corrected chi connectivity index (χ3v) is 7.50. The second-order valence-electron chi connectivity index (χ2n) is 10.6. The molecule has 9 nitrogen and oxygen atoms in total. The van der Waals surface area contributed by atoms with Crippen LogP contribution in [-0.2, 0) is 14.4 Å².